The summed E-state index contributed by atoms with van der Waals surface area (Å²) in [4.78, 5) is 82.2. The minimum atomic E-state index is -5.76. The van der Waals surface area contributed by atoms with E-state index in [1.54, 1.807) is 0 Å². The van der Waals surface area contributed by atoms with Gasteiger partial charge in [-0.15, -0.1) is 4.86 Å². The summed E-state index contributed by atoms with van der Waals surface area (Å²) < 4.78 is 62.3. The van der Waals surface area contributed by atoms with Gasteiger partial charge in [0.15, 0.2) is 12.5 Å². The molecule has 27 heteroatoms. The summed E-state index contributed by atoms with van der Waals surface area (Å²) in [6, 6.07) is 0. The number of phosphoric acid groups is 1. The monoisotopic (exact) mass is 737 g/mol. The number of aliphatic hydroxyl groups is 4. The van der Waals surface area contributed by atoms with Crippen molar-refractivity contribution in [3.63, 3.8) is 0 Å². The standard InChI is InChI=1S/C20H30N5O19P3/c1-7-3-24(19(32)21-15(7)30)17-13(28)11(26)9(42-17)5-40-45(34,35)23-46(36,37)44-47(38,39)41-6-10-12(27)14(29)18(43-10)25-4-8(2)16(31)22-20(25)33/h3-4,9-14,17-18,26-29H,5-6H2,1-2H3,(H,38,39)(H,21,30,32)(H,22,31,33)(H3,23,34,35,36,37)/t9?,10-,11+,12-,13+,14-,17-,18+/m1/s1. The fourth-order valence-electron chi connectivity index (χ4n) is 4.46. The van der Waals surface area contributed by atoms with Crippen LogP contribution in [-0.4, -0.2) is 104 Å². The van der Waals surface area contributed by atoms with Crippen molar-refractivity contribution in [1.29, 1.82) is 0 Å². The van der Waals surface area contributed by atoms with Crippen LogP contribution in [0.3, 0.4) is 0 Å². The molecule has 10 N–H and O–H groups in total. The van der Waals surface area contributed by atoms with E-state index in [0.717, 1.165) is 26.4 Å². The Morgan fingerprint density at radius 1 is 0.723 bits per heavy atom. The highest BCUT2D eigenvalue weighted by atomic mass is 31.3. The van der Waals surface area contributed by atoms with Crippen molar-refractivity contribution in [3.05, 3.63) is 65.2 Å². The number of H-pyrrole nitrogens is 2. The van der Waals surface area contributed by atoms with Crippen LogP contribution < -0.4 is 27.4 Å². The van der Waals surface area contributed by atoms with Crippen molar-refractivity contribution < 1.29 is 71.6 Å². The Hall–Kier alpha value is -2.47. The van der Waals surface area contributed by atoms with Crippen LogP contribution in [0, 0.1) is 13.8 Å². The lowest BCUT2D eigenvalue weighted by molar-refractivity contribution is -0.0542. The second kappa shape index (κ2) is 13.8. The van der Waals surface area contributed by atoms with Crippen LogP contribution in [0.15, 0.2) is 31.6 Å². The lowest BCUT2D eigenvalue weighted by Crippen LogP contribution is -2.38. The average molecular weight is 737 g/mol. The van der Waals surface area contributed by atoms with Crippen molar-refractivity contribution in [3.8, 4) is 0 Å². The molecule has 4 rings (SSSR count). The fourth-order valence-corrected chi connectivity index (χ4v) is 8.43. The lowest BCUT2D eigenvalue weighted by Gasteiger charge is -2.22. The molecule has 2 aliphatic heterocycles. The van der Waals surface area contributed by atoms with Gasteiger partial charge in [-0.25, -0.2) is 23.3 Å². The van der Waals surface area contributed by atoms with Gasteiger partial charge in [0.25, 0.3) is 11.1 Å². The highest BCUT2D eigenvalue weighted by Gasteiger charge is 2.48. The molecule has 11 atom stereocenters. The zero-order valence-electron chi connectivity index (χ0n) is 24.0. The van der Waals surface area contributed by atoms with Crippen LogP contribution in [0.5, 0.6) is 0 Å². The van der Waals surface area contributed by atoms with E-state index in [1.165, 1.54) is 13.8 Å². The number of rotatable bonds is 12. The number of ether oxygens (including phenoxy) is 2. The molecule has 0 aliphatic carbocycles. The second-order valence-corrected chi connectivity index (χ2v) is 15.3. The molecule has 0 aromatic carbocycles. The lowest BCUT2D eigenvalue weighted by atomic mass is 10.1. The summed E-state index contributed by atoms with van der Waals surface area (Å²) in [5.41, 5.74) is -3.44. The number of aryl methyl sites for hydroxylation is 2. The Bertz CT molecular complexity index is 1740. The largest absolute Gasteiger partial charge is 0.480 e. The van der Waals surface area contributed by atoms with Crippen molar-refractivity contribution in [2.45, 2.75) is 62.9 Å². The van der Waals surface area contributed by atoms with Crippen LogP contribution in [0.1, 0.15) is 23.6 Å². The molecule has 0 amide bonds. The Morgan fingerprint density at radius 2 is 1.13 bits per heavy atom. The number of nitrogens with one attached hydrogen (secondary N) is 3. The van der Waals surface area contributed by atoms with Crippen molar-refractivity contribution >= 4 is 23.3 Å². The van der Waals surface area contributed by atoms with Gasteiger partial charge in [0.05, 0.1) is 13.2 Å². The molecular weight excluding hydrogens is 707 g/mol. The van der Waals surface area contributed by atoms with Gasteiger partial charge in [-0.2, -0.15) is 4.31 Å². The van der Waals surface area contributed by atoms with Gasteiger partial charge in [-0.05, 0) is 13.8 Å². The third kappa shape index (κ3) is 8.58. The van der Waals surface area contributed by atoms with Crippen LogP contribution >= 0.6 is 23.3 Å². The number of aromatic nitrogens is 4. The van der Waals surface area contributed by atoms with Gasteiger partial charge in [0.1, 0.15) is 36.6 Å². The van der Waals surface area contributed by atoms with E-state index in [4.69, 9.17) is 9.47 Å². The molecule has 2 saturated heterocycles. The first-order valence-corrected chi connectivity index (χ1v) is 17.7. The first kappa shape index (κ1) is 37.4. The number of phosphoric ester groups is 1. The van der Waals surface area contributed by atoms with E-state index >= 15 is 0 Å². The fraction of sp³-hybridized carbons (Fsp3) is 0.600. The molecule has 0 spiro atoms. The maximum Gasteiger partial charge on any atom is 0.480 e. The Balaban J connectivity index is 1.33. The summed E-state index contributed by atoms with van der Waals surface area (Å²) in [6.07, 6.45) is -11.8. The summed E-state index contributed by atoms with van der Waals surface area (Å²) >= 11 is 0. The summed E-state index contributed by atoms with van der Waals surface area (Å²) in [5.74, 6) is 0. The highest BCUT2D eigenvalue weighted by Crippen LogP contribution is 2.62. The third-order valence-corrected chi connectivity index (χ3v) is 11.5. The molecule has 4 heterocycles. The molecule has 47 heavy (non-hydrogen) atoms. The minimum Gasteiger partial charge on any atom is -0.387 e. The molecule has 2 fully saturated rings. The SMILES string of the molecule is Cc1cn([C@@H]2OC(COP(=O)(O)NP(=O)(O)OP(=O)(O)OC[C@H]3O[C@H](n4cc(C)c(=O)[nH]c4=O)[C@H](O)[C@@H]3O)[C@H](O)[C@@H]2O)c(=O)[nH]c1=O. The van der Waals surface area contributed by atoms with E-state index in [9.17, 15) is 68.0 Å². The summed E-state index contributed by atoms with van der Waals surface area (Å²) in [6.45, 7) is 0.485. The van der Waals surface area contributed by atoms with Crippen LogP contribution in [0.4, 0.5) is 0 Å². The van der Waals surface area contributed by atoms with Crippen LogP contribution in [-0.2, 0) is 36.5 Å². The highest BCUT2D eigenvalue weighted by molar-refractivity contribution is 7.71. The zero-order chi connectivity index (χ0) is 35.2. The van der Waals surface area contributed by atoms with Crippen molar-refractivity contribution in [2.24, 2.45) is 0 Å². The predicted octanol–water partition coefficient (Wildman–Crippen LogP) is -4.12. The van der Waals surface area contributed by atoms with Gasteiger partial charge in [0.2, 0.25) is 0 Å². The number of hydrogen-bond acceptors (Lipinski definition) is 16. The van der Waals surface area contributed by atoms with E-state index in [-0.39, 0.29) is 11.1 Å². The molecule has 0 saturated carbocycles. The molecule has 24 nitrogen and oxygen atoms in total. The predicted molar refractivity (Wildman–Crippen MR) is 150 cm³/mol. The normalized spacial score (nSPS) is 31.7. The molecule has 264 valence electrons. The van der Waals surface area contributed by atoms with E-state index in [0.29, 0.717) is 0 Å². The van der Waals surface area contributed by atoms with Crippen molar-refractivity contribution in [2.75, 3.05) is 13.2 Å². The topological polar surface area (TPSA) is 361 Å². The van der Waals surface area contributed by atoms with E-state index in [2.05, 4.69) is 13.4 Å². The van der Waals surface area contributed by atoms with Gasteiger partial charge in [-0.3, -0.25) is 37.7 Å². The molecule has 0 radical (unpaired) electrons. The van der Waals surface area contributed by atoms with E-state index in [1.807, 2.05) is 9.97 Å². The number of aromatic amines is 2. The first-order chi connectivity index (χ1) is 21.6. The average Bonchev–Trinajstić information content (AvgIpc) is 3.39. The smallest absolute Gasteiger partial charge is 0.387 e. The van der Waals surface area contributed by atoms with Crippen molar-refractivity contribution in [1.82, 2.24) is 24.0 Å². The minimum absolute atomic E-state index is 0.0330. The summed E-state index contributed by atoms with van der Waals surface area (Å²) in [5, 5.41) is 41.1. The van der Waals surface area contributed by atoms with Gasteiger partial charge >= 0.3 is 34.7 Å². The summed E-state index contributed by atoms with van der Waals surface area (Å²) in [7, 11) is -16.8. The Kier molecular flexibility index (Phi) is 11.0. The molecular formula is C20H30N5O19P3. The first-order valence-electron chi connectivity index (χ1n) is 13.1. The molecule has 0 bridgehead atoms. The van der Waals surface area contributed by atoms with Gasteiger partial charge < -0.3 is 44.6 Å². The zero-order valence-corrected chi connectivity index (χ0v) is 26.6. The Morgan fingerprint density at radius 3 is 1.55 bits per heavy atom. The Labute approximate surface area is 260 Å². The number of aliphatic hydroxyl groups excluding tert-OH is 4. The molecule has 2 aliphatic rings. The number of hydrogen-bond donors (Lipinski definition) is 10. The quantitative estimate of drug-likeness (QED) is 0.0925. The van der Waals surface area contributed by atoms with Gasteiger partial charge in [0, 0.05) is 23.5 Å². The molecule has 4 unspecified atom stereocenters. The molecule has 2 aromatic rings. The van der Waals surface area contributed by atoms with E-state index < -0.39 is 108 Å². The van der Waals surface area contributed by atoms with Crippen LogP contribution in [0.25, 0.3) is 0 Å². The molecule has 2 aromatic heterocycles. The van der Waals surface area contributed by atoms with Gasteiger partial charge in [-0.1, -0.05) is 0 Å². The maximum atomic E-state index is 12.4. The maximum absolute atomic E-state index is 12.4. The third-order valence-electron chi connectivity index (χ3n) is 6.80. The number of nitrogens with zero attached hydrogens (tertiary/aromatic N) is 2. The second-order valence-electron chi connectivity index (χ2n) is 10.3. The van der Waals surface area contributed by atoms with Crippen LogP contribution in [0.2, 0.25) is 0 Å².